The van der Waals surface area contributed by atoms with Crippen LogP contribution in [-0.2, 0) is 17.6 Å². The number of aryl methyl sites for hydroxylation is 3. The summed E-state index contributed by atoms with van der Waals surface area (Å²) < 4.78 is 2.01. The molecule has 2 aromatic heterocycles. The molecular weight excluding hydrogens is 296 g/mol. The number of carboxylic acid groups (broad SMARTS) is 1. The molecule has 1 N–H and O–H groups in total. The first-order valence-corrected chi connectivity index (χ1v) is 8.16. The molecule has 2 heterocycles. The number of benzene rings is 1. The van der Waals surface area contributed by atoms with Gasteiger partial charge in [0.25, 0.3) is 0 Å². The summed E-state index contributed by atoms with van der Waals surface area (Å²) in [6.45, 7) is 6.25. The van der Waals surface area contributed by atoms with E-state index in [1.807, 2.05) is 9.78 Å². The van der Waals surface area contributed by atoms with Gasteiger partial charge in [-0.1, -0.05) is 30.7 Å². The Hall–Kier alpha value is -2.14. The van der Waals surface area contributed by atoms with Gasteiger partial charge in [0.1, 0.15) is 0 Å². The molecule has 0 saturated carbocycles. The van der Waals surface area contributed by atoms with E-state index in [0.29, 0.717) is 0 Å². The molecule has 0 saturated heterocycles. The van der Waals surface area contributed by atoms with Crippen LogP contribution in [0.2, 0.25) is 0 Å². The minimum Gasteiger partial charge on any atom is -0.481 e. The monoisotopic (exact) mass is 314 g/mol. The van der Waals surface area contributed by atoms with E-state index in [4.69, 9.17) is 10.1 Å². The number of hydrogen-bond acceptors (Lipinski definition) is 3. The topological polar surface area (TPSA) is 54.6 Å². The molecule has 3 rings (SSSR count). The Kier molecular flexibility index (Phi) is 3.74. The zero-order chi connectivity index (χ0) is 15.9. The molecular formula is C17H18N2O2S. The van der Waals surface area contributed by atoms with Crippen LogP contribution in [0.4, 0.5) is 0 Å². The van der Waals surface area contributed by atoms with Gasteiger partial charge in [0, 0.05) is 16.6 Å². The number of imidazole rings is 1. The molecule has 1 aromatic carbocycles. The second kappa shape index (κ2) is 5.57. The maximum Gasteiger partial charge on any atom is 0.309 e. The van der Waals surface area contributed by atoms with Crippen LogP contribution in [0.3, 0.4) is 0 Å². The van der Waals surface area contributed by atoms with Crippen molar-refractivity contribution in [3.8, 4) is 11.3 Å². The van der Waals surface area contributed by atoms with Crippen LogP contribution in [0.5, 0.6) is 0 Å². The van der Waals surface area contributed by atoms with Crippen molar-refractivity contribution in [1.29, 1.82) is 0 Å². The maximum atomic E-state index is 11.0. The zero-order valence-electron chi connectivity index (χ0n) is 12.9. The largest absolute Gasteiger partial charge is 0.481 e. The smallest absolute Gasteiger partial charge is 0.309 e. The average Bonchev–Trinajstić information content (AvgIpc) is 2.98. The lowest BCUT2D eigenvalue weighted by molar-refractivity contribution is -0.136. The van der Waals surface area contributed by atoms with Gasteiger partial charge in [0.05, 0.1) is 17.8 Å². The lowest BCUT2D eigenvalue weighted by atomic mass is 10.0. The van der Waals surface area contributed by atoms with E-state index in [1.165, 1.54) is 22.5 Å². The normalized spacial score (nSPS) is 11.2. The van der Waals surface area contributed by atoms with E-state index < -0.39 is 5.97 Å². The summed E-state index contributed by atoms with van der Waals surface area (Å²) in [5, 5.41) is 11.0. The molecule has 0 bridgehead atoms. The molecule has 0 atom stereocenters. The Morgan fingerprint density at radius 3 is 2.77 bits per heavy atom. The van der Waals surface area contributed by atoms with E-state index in [1.54, 1.807) is 0 Å². The Labute approximate surface area is 133 Å². The molecule has 5 heteroatoms. The zero-order valence-corrected chi connectivity index (χ0v) is 13.7. The van der Waals surface area contributed by atoms with Crippen molar-refractivity contribution >= 4 is 22.3 Å². The summed E-state index contributed by atoms with van der Waals surface area (Å²) in [6, 6.07) is 6.35. The van der Waals surface area contributed by atoms with Crippen molar-refractivity contribution in [2.45, 2.75) is 33.6 Å². The molecule has 0 amide bonds. The van der Waals surface area contributed by atoms with Gasteiger partial charge in [-0.15, -0.1) is 11.3 Å². The molecule has 22 heavy (non-hydrogen) atoms. The molecule has 0 radical (unpaired) electrons. The van der Waals surface area contributed by atoms with Crippen molar-refractivity contribution in [2.24, 2.45) is 0 Å². The van der Waals surface area contributed by atoms with Crippen molar-refractivity contribution in [1.82, 2.24) is 9.38 Å². The van der Waals surface area contributed by atoms with E-state index in [0.717, 1.165) is 34.0 Å². The number of hydrogen-bond donors (Lipinski definition) is 1. The van der Waals surface area contributed by atoms with Crippen LogP contribution in [0, 0.1) is 13.8 Å². The van der Waals surface area contributed by atoms with Gasteiger partial charge in [-0.05, 0) is 25.8 Å². The van der Waals surface area contributed by atoms with E-state index in [-0.39, 0.29) is 6.42 Å². The number of fused-ring (bicyclic) bond motifs is 1. The van der Waals surface area contributed by atoms with E-state index in [2.05, 4.69) is 39.0 Å². The number of carbonyl (C=O) groups is 1. The van der Waals surface area contributed by atoms with Gasteiger partial charge >= 0.3 is 5.97 Å². The fourth-order valence-electron chi connectivity index (χ4n) is 2.88. The summed E-state index contributed by atoms with van der Waals surface area (Å²) in [5.74, 6) is -0.816. The number of aromatic nitrogens is 2. The van der Waals surface area contributed by atoms with Crippen LogP contribution in [0.25, 0.3) is 16.2 Å². The van der Waals surface area contributed by atoms with E-state index >= 15 is 0 Å². The SMILES string of the molecule is CCc1c(-c2ccc(C)cc2C)nc2scc(CC(=O)O)n12. The van der Waals surface area contributed by atoms with Crippen LogP contribution in [0.15, 0.2) is 23.6 Å². The Bertz CT molecular complexity index is 861. The molecule has 114 valence electrons. The molecule has 4 nitrogen and oxygen atoms in total. The van der Waals surface area contributed by atoms with Crippen molar-refractivity contribution in [3.05, 3.63) is 46.1 Å². The Morgan fingerprint density at radius 2 is 2.14 bits per heavy atom. The first kappa shape index (κ1) is 14.8. The number of nitrogens with zero attached hydrogens (tertiary/aromatic N) is 2. The van der Waals surface area contributed by atoms with Gasteiger partial charge in [0.2, 0.25) is 0 Å². The number of rotatable bonds is 4. The molecule has 0 aliphatic carbocycles. The Morgan fingerprint density at radius 1 is 1.36 bits per heavy atom. The van der Waals surface area contributed by atoms with Crippen LogP contribution in [0.1, 0.15) is 29.4 Å². The summed E-state index contributed by atoms with van der Waals surface area (Å²) >= 11 is 1.50. The highest BCUT2D eigenvalue weighted by atomic mass is 32.1. The second-order valence-electron chi connectivity index (χ2n) is 5.49. The minimum absolute atomic E-state index is 0.0235. The number of thiazole rings is 1. The predicted molar refractivity (Wildman–Crippen MR) is 88.7 cm³/mol. The van der Waals surface area contributed by atoms with Gasteiger partial charge in [-0.25, -0.2) is 4.98 Å². The number of carboxylic acids is 1. The van der Waals surface area contributed by atoms with E-state index in [9.17, 15) is 4.79 Å². The summed E-state index contributed by atoms with van der Waals surface area (Å²) in [6.07, 6.45) is 0.836. The Balaban J connectivity index is 2.22. The highest BCUT2D eigenvalue weighted by Gasteiger charge is 2.19. The fourth-order valence-corrected chi connectivity index (χ4v) is 3.78. The predicted octanol–water partition coefficient (Wildman–Crippen LogP) is 3.87. The standard InChI is InChI=1S/C17H18N2O2S/c1-4-14-16(13-6-5-10(2)7-11(13)3)18-17-19(14)12(9-22-17)8-15(20)21/h5-7,9H,4,8H2,1-3H3,(H,20,21). The number of aliphatic carboxylic acids is 1. The van der Waals surface area contributed by atoms with Crippen molar-refractivity contribution in [2.75, 3.05) is 0 Å². The van der Waals surface area contributed by atoms with Crippen LogP contribution >= 0.6 is 11.3 Å². The van der Waals surface area contributed by atoms with Gasteiger partial charge in [0.15, 0.2) is 4.96 Å². The molecule has 0 spiro atoms. The highest BCUT2D eigenvalue weighted by molar-refractivity contribution is 7.15. The minimum atomic E-state index is -0.816. The third-order valence-corrected chi connectivity index (χ3v) is 4.71. The first-order valence-electron chi connectivity index (χ1n) is 7.28. The van der Waals surface area contributed by atoms with Crippen LogP contribution in [-0.4, -0.2) is 20.5 Å². The van der Waals surface area contributed by atoms with Gasteiger partial charge in [-0.3, -0.25) is 9.20 Å². The summed E-state index contributed by atoms with van der Waals surface area (Å²) in [5.41, 5.74) is 6.40. The lowest BCUT2D eigenvalue weighted by Crippen LogP contribution is -2.04. The highest BCUT2D eigenvalue weighted by Crippen LogP contribution is 2.31. The molecule has 0 aliphatic heterocycles. The average molecular weight is 314 g/mol. The summed E-state index contributed by atoms with van der Waals surface area (Å²) in [7, 11) is 0. The van der Waals surface area contributed by atoms with Gasteiger partial charge < -0.3 is 5.11 Å². The lowest BCUT2D eigenvalue weighted by Gasteiger charge is -2.07. The molecule has 0 fully saturated rings. The fraction of sp³-hybridized carbons (Fsp3) is 0.294. The first-order chi connectivity index (χ1) is 10.5. The third kappa shape index (κ3) is 2.41. The van der Waals surface area contributed by atoms with Crippen molar-refractivity contribution < 1.29 is 9.90 Å². The van der Waals surface area contributed by atoms with Crippen molar-refractivity contribution in [3.63, 3.8) is 0 Å². The summed E-state index contributed by atoms with van der Waals surface area (Å²) in [4.78, 5) is 16.7. The molecule has 0 aliphatic rings. The second-order valence-corrected chi connectivity index (χ2v) is 6.33. The van der Waals surface area contributed by atoms with Crippen LogP contribution < -0.4 is 0 Å². The van der Waals surface area contributed by atoms with Gasteiger partial charge in [-0.2, -0.15) is 0 Å². The third-order valence-electron chi connectivity index (χ3n) is 3.83. The molecule has 0 unspecified atom stereocenters. The quantitative estimate of drug-likeness (QED) is 0.795. The molecule has 3 aromatic rings. The maximum absolute atomic E-state index is 11.0.